The van der Waals surface area contributed by atoms with Crippen molar-refractivity contribution in [1.29, 1.82) is 0 Å². The van der Waals surface area contributed by atoms with Gasteiger partial charge in [0.05, 0.1) is 6.61 Å². The number of hydrogen-bond donors (Lipinski definition) is 10. The maximum Gasteiger partial charge on any atom is 0.466 e. The van der Waals surface area contributed by atoms with Gasteiger partial charge in [-0.3, -0.25) is 0 Å². The van der Waals surface area contributed by atoms with Gasteiger partial charge in [-0.2, -0.15) is 9.97 Å². The van der Waals surface area contributed by atoms with Gasteiger partial charge in [-0.15, -0.1) is 0 Å². The highest BCUT2D eigenvalue weighted by Gasteiger charge is 2.04. The Labute approximate surface area is 195 Å². The fourth-order valence-electron chi connectivity index (χ4n) is 1.11. The van der Waals surface area contributed by atoms with Crippen molar-refractivity contribution in [2.45, 2.75) is 34.3 Å². The molecule has 1 aromatic carbocycles. The summed E-state index contributed by atoms with van der Waals surface area (Å²) in [7, 11) is -13.9. The largest absolute Gasteiger partial charge is 0.466 e. The normalized spacial score (nSPS) is 9.94. The molecule has 17 nitrogen and oxygen atoms in total. The summed E-state index contributed by atoms with van der Waals surface area (Å²) < 4.78 is 32.0. The van der Waals surface area contributed by atoms with E-state index in [2.05, 4.69) is 15.0 Å². The van der Waals surface area contributed by atoms with E-state index in [0.717, 1.165) is 0 Å². The zero-order valence-corrected chi connectivity index (χ0v) is 21.1. The molecule has 20 heteroatoms. The van der Waals surface area contributed by atoms with Gasteiger partial charge in [-0.25, -0.2) is 18.7 Å². The monoisotopic (exact) mass is 557 g/mol. The Morgan fingerprint density at radius 2 is 1.03 bits per heavy atom. The first-order valence-electron chi connectivity index (χ1n) is 8.73. The van der Waals surface area contributed by atoms with Gasteiger partial charge >= 0.3 is 29.5 Å². The fourth-order valence-corrected chi connectivity index (χ4v) is 1.11. The van der Waals surface area contributed by atoms with E-state index in [1.807, 2.05) is 39.8 Å². The maximum absolute atomic E-state index is 9.06. The predicted molar refractivity (Wildman–Crippen MR) is 118 cm³/mol. The van der Waals surface area contributed by atoms with Crippen LogP contribution >= 0.6 is 23.5 Å². The molecule has 0 fully saturated rings. The zero-order chi connectivity index (χ0) is 28.0. The van der Waals surface area contributed by atoms with Crippen molar-refractivity contribution in [3.05, 3.63) is 42.5 Å². The van der Waals surface area contributed by atoms with Crippen LogP contribution in [0.25, 0.3) is 0 Å². The molecular formula is C14H30N3O14P3. The summed E-state index contributed by atoms with van der Waals surface area (Å²) in [5.41, 5.74) is 0.693. The van der Waals surface area contributed by atoms with Crippen LogP contribution in [0.2, 0.25) is 0 Å². The Morgan fingerprint density at radius 1 is 0.706 bits per heavy atom. The van der Waals surface area contributed by atoms with Gasteiger partial charge in [0.1, 0.15) is 18.4 Å². The molecule has 0 aliphatic heterocycles. The second kappa shape index (κ2) is 21.8. The van der Waals surface area contributed by atoms with E-state index >= 15 is 0 Å². The summed E-state index contributed by atoms with van der Waals surface area (Å²) in [6.07, 6.45) is 2.70. The summed E-state index contributed by atoms with van der Waals surface area (Å²) in [5, 5.41) is 9.06. The van der Waals surface area contributed by atoms with E-state index in [4.69, 9.17) is 67.6 Å². The van der Waals surface area contributed by atoms with Crippen LogP contribution in [0.3, 0.4) is 0 Å². The van der Waals surface area contributed by atoms with Gasteiger partial charge in [0, 0.05) is 5.56 Å². The molecule has 0 aliphatic rings. The topological polar surface area (TPSA) is 301 Å². The predicted octanol–water partition coefficient (Wildman–Crippen LogP) is 0.423. The van der Waals surface area contributed by atoms with Gasteiger partial charge in [-0.1, -0.05) is 45.9 Å². The highest BCUT2D eigenvalue weighted by Crippen LogP contribution is 2.26. The number of benzene rings is 1. The smallest absolute Gasteiger partial charge is 0.424 e. The van der Waals surface area contributed by atoms with Crippen molar-refractivity contribution < 1.29 is 67.6 Å². The first-order valence-corrected chi connectivity index (χ1v) is 13.4. The van der Waals surface area contributed by atoms with Gasteiger partial charge in [0.25, 0.3) is 0 Å². The van der Waals surface area contributed by atoms with E-state index in [-0.39, 0.29) is 12.6 Å². The maximum atomic E-state index is 9.06. The van der Waals surface area contributed by atoms with Crippen LogP contribution in [0.1, 0.15) is 33.3 Å². The molecule has 0 amide bonds. The zero-order valence-electron chi connectivity index (χ0n) is 18.5. The molecule has 0 unspecified atom stereocenters. The Kier molecular flexibility index (Phi) is 25.4. The Balaban J connectivity index is -0.000000198. The standard InChI is InChI=1S/C10H9N3O2.2C2H6.3H3O4P/c14-5-8-3-1-2-4-9(8)15-10-12-6-11-7-13-10;2*1-2;3*1-5(2,3)4/h1-4,6-7,14H,5H2;2*1-2H3;3*(H3,1,2,3,4). The van der Waals surface area contributed by atoms with E-state index in [9.17, 15) is 0 Å². The van der Waals surface area contributed by atoms with Crippen LogP contribution in [0.15, 0.2) is 36.9 Å². The number of nitrogens with zero attached hydrogens (tertiary/aromatic N) is 3. The molecule has 1 aromatic heterocycles. The van der Waals surface area contributed by atoms with Crippen LogP contribution in [-0.2, 0) is 20.3 Å². The van der Waals surface area contributed by atoms with Crippen LogP contribution in [0.5, 0.6) is 11.8 Å². The van der Waals surface area contributed by atoms with Crippen molar-refractivity contribution >= 4 is 23.5 Å². The average molecular weight is 557 g/mol. The van der Waals surface area contributed by atoms with E-state index in [1.165, 1.54) is 12.7 Å². The average Bonchev–Trinajstić information content (AvgIpc) is 2.69. The second-order valence-corrected chi connectivity index (χ2v) is 7.41. The van der Waals surface area contributed by atoms with Crippen molar-refractivity contribution in [3.8, 4) is 11.8 Å². The summed E-state index contributed by atoms with van der Waals surface area (Å²) >= 11 is 0. The third-order valence-corrected chi connectivity index (χ3v) is 1.81. The molecule has 0 saturated carbocycles. The number of rotatable bonds is 3. The third kappa shape index (κ3) is 47.9. The lowest BCUT2D eigenvalue weighted by Crippen LogP contribution is -1.95. The molecule has 200 valence electrons. The molecule has 10 N–H and O–H groups in total. The molecular weight excluding hydrogens is 527 g/mol. The Hall–Kier alpha value is -1.68. The molecule has 1 heterocycles. The third-order valence-electron chi connectivity index (χ3n) is 1.81. The number of aliphatic hydroxyl groups excluding tert-OH is 1. The van der Waals surface area contributed by atoms with Crippen LogP contribution in [0, 0.1) is 0 Å². The lowest BCUT2D eigenvalue weighted by molar-refractivity contribution is 0.272. The number of ether oxygens (including phenoxy) is 1. The molecule has 0 atom stereocenters. The van der Waals surface area contributed by atoms with E-state index < -0.39 is 23.5 Å². The summed E-state index contributed by atoms with van der Waals surface area (Å²) in [6.45, 7) is 7.92. The van der Waals surface area contributed by atoms with Gasteiger partial charge in [-0.05, 0) is 6.07 Å². The molecule has 0 spiro atoms. The van der Waals surface area contributed by atoms with E-state index in [1.54, 1.807) is 12.1 Å². The minimum atomic E-state index is -4.64. The first kappa shape index (κ1) is 39.5. The summed E-state index contributed by atoms with van der Waals surface area (Å²) in [6, 6.07) is 7.37. The van der Waals surface area contributed by atoms with Gasteiger partial charge in [0.2, 0.25) is 0 Å². The molecule has 34 heavy (non-hydrogen) atoms. The number of phosphoric acid groups is 3. The van der Waals surface area contributed by atoms with Crippen LogP contribution in [0.4, 0.5) is 0 Å². The van der Waals surface area contributed by atoms with E-state index in [0.29, 0.717) is 11.3 Å². The SMILES string of the molecule is CC.CC.O=P(O)(O)O.O=P(O)(O)O.O=P(O)(O)O.OCc1ccccc1Oc1ncncn1. The number of aliphatic hydroxyl groups is 1. The summed E-state index contributed by atoms with van der Waals surface area (Å²) in [5.74, 6) is 0.547. The number of hydrogen-bond acceptors (Lipinski definition) is 8. The number of aromatic nitrogens is 3. The lowest BCUT2D eigenvalue weighted by atomic mass is 10.2. The van der Waals surface area contributed by atoms with Crippen LogP contribution in [-0.4, -0.2) is 64.1 Å². The van der Waals surface area contributed by atoms with Gasteiger partial charge < -0.3 is 53.9 Å². The highest BCUT2D eigenvalue weighted by atomic mass is 31.2. The number of para-hydroxylation sites is 1. The summed E-state index contributed by atoms with van der Waals surface area (Å²) in [4.78, 5) is 76.0. The minimum absolute atomic E-state index is 0.0821. The molecule has 0 bridgehead atoms. The van der Waals surface area contributed by atoms with Crippen LogP contribution < -0.4 is 4.74 Å². The highest BCUT2D eigenvalue weighted by molar-refractivity contribution is 7.45. The quantitative estimate of drug-likeness (QED) is 0.229. The van der Waals surface area contributed by atoms with Crippen molar-refractivity contribution in [3.63, 3.8) is 0 Å². The minimum Gasteiger partial charge on any atom is -0.424 e. The molecule has 2 aromatic rings. The Bertz CT molecular complexity index is 800. The van der Waals surface area contributed by atoms with Crippen molar-refractivity contribution in [2.24, 2.45) is 0 Å². The van der Waals surface area contributed by atoms with Crippen molar-refractivity contribution in [1.82, 2.24) is 15.0 Å². The molecule has 0 aliphatic carbocycles. The molecule has 2 rings (SSSR count). The Morgan fingerprint density at radius 3 is 1.35 bits per heavy atom. The van der Waals surface area contributed by atoms with Crippen molar-refractivity contribution in [2.75, 3.05) is 0 Å². The fraction of sp³-hybridized carbons (Fsp3) is 0.357. The lowest BCUT2D eigenvalue weighted by Gasteiger charge is -2.06. The molecule has 0 radical (unpaired) electrons. The van der Waals surface area contributed by atoms with Gasteiger partial charge in [0.15, 0.2) is 0 Å². The molecule has 0 saturated heterocycles. The first-order chi connectivity index (χ1) is 15.4. The second-order valence-electron chi connectivity index (χ2n) is 4.33.